The van der Waals surface area contributed by atoms with Gasteiger partial charge in [-0.15, -0.1) is 6.58 Å². The average molecular weight is 743 g/mol. The number of alkyl carbamates (subject to hydrolysis) is 1. The van der Waals surface area contributed by atoms with E-state index in [4.69, 9.17) is 4.74 Å². The monoisotopic (exact) mass is 742 g/mol. The van der Waals surface area contributed by atoms with Crippen molar-refractivity contribution >= 4 is 35.6 Å². The van der Waals surface area contributed by atoms with Gasteiger partial charge in [0.05, 0.1) is 12.6 Å². The third kappa shape index (κ3) is 10.7. The molecule has 13 heteroatoms. The highest BCUT2D eigenvalue weighted by Gasteiger charge is 2.70. The molecular formula is C40H66N6O7. The van der Waals surface area contributed by atoms with Crippen LogP contribution in [0.3, 0.4) is 0 Å². The molecule has 3 aliphatic carbocycles. The van der Waals surface area contributed by atoms with Gasteiger partial charge in [-0.05, 0) is 66.1 Å². The second-order valence-electron chi connectivity index (χ2n) is 17.9. The van der Waals surface area contributed by atoms with Gasteiger partial charge in [-0.1, -0.05) is 86.6 Å². The van der Waals surface area contributed by atoms with E-state index >= 15 is 0 Å². The molecule has 0 spiro atoms. The van der Waals surface area contributed by atoms with Gasteiger partial charge in [0, 0.05) is 32.1 Å². The van der Waals surface area contributed by atoms with E-state index in [-0.39, 0.29) is 47.8 Å². The zero-order valence-electron chi connectivity index (χ0n) is 33.2. The van der Waals surface area contributed by atoms with E-state index in [0.29, 0.717) is 38.3 Å². The Morgan fingerprint density at radius 2 is 1.62 bits per heavy atom. The van der Waals surface area contributed by atoms with Crippen molar-refractivity contribution in [1.29, 1.82) is 0 Å². The molecule has 6 amide bonds. The number of carbonyl (C=O) groups is 6. The molecule has 298 valence electrons. The van der Waals surface area contributed by atoms with Crippen LogP contribution >= 0.6 is 0 Å². The zero-order valence-corrected chi connectivity index (χ0v) is 33.2. The first-order valence-electron chi connectivity index (χ1n) is 20.0. The molecule has 4 aliphatic rings. The molecule has 1 saturated heterocycles. The molecule has 1 heterocycles. The minimum atomic E-state index is -1.02. The van der Waals surface area contributed by atoms with Crippen LogP contribution < -0.4 is 26.6 Å². The lowest BCUT2D eigenvalue weighted by atomic mass is 9.70. The topological polar surface area (TPSA) is 175 Å². The minimum absolute atomic E-state index is 0.0864. The maximum atomic E-state index is 14.8. The van der Waals surface area contributed by atoms with Crippen molar-refractivity contribution in [2.24, 2.45) is 34.0 Å². The van der Waals surface area contributed by atoms with Crippen molar-refractivity contribution in [3.8, 4) is 0 Å². The lowest BCUT2D eigenvalue weighted by Crippen LogP contribution is -2.63. The lowest BCUT2D eigenvalue weighted by molar-refractivity contribution is -0.146. The smallest absolute Gasteiger partial charge is 0.407 e. The van der Waals surface area contributed by atoms with E-state index in [9.17, 15) is 28.8 Å². The number of likely N-dealkylation sites (tertiary alicyclic amines) is 1. The first kappa shape index (κ1) is 42.1. The van der Waals surface area contributed by atoms with Gasteiger partial charge >= 0.3 is 12.1 Å². The normalized spacial score (nSPS) is 24.4. The van der Waals surface area contributed by atoms with Crippen molar-refractivity contribution in [1.82, 2.24) is 31.5 Å². The van der Waals surface area contributed by atoms with E-state index in [1.54, 1.807) is 4.90 Å². The van der Waals surface area contributed by atoms with Crippen molar-refractivity contribution < 1.29 is 33.5 Å². The second kappa shape index (κ2) is 17.7. The Morgan fingerprint density at radius 3 is 2.23 bits per heavy atom. The number of amides is 6. The number of fused-ring (bicyclic) bond motifs is 1. The number of Topliss-reactive ketones (excluding diaryl/α,β-unsaturated/α-hetero) is 1. The van der Waals surface area contributed by atoms with Gasteiger partial charge in [-0.3, -0.25) is 19.2 Å². The van der Waals surface area contributed by atoms with Gasteiger partial charge in [0.1, 0.15) is 12.1 Å². The predicted octanol–water partition coefficient (Wildman–Crippen LogP) is 4.59. The van der Waals surface area contributed by atoms with Gasteiger partial charge in [-0.2, -0.15) is 0 Å². The molecule has 5 N–H and O–H groups in total. The quantitative estimate of drug-likeness (QED) is 0.101. The Kier molecular flexibility index (Phi) is 14.0. The molecule has 0 bridgehead atoms. The predicted molar refractivity (Wildman–Crippen MR) is 203 cm³/mol. The number of unbranched alkanes of at least 4 members (excludes halogenated alkanes) is 1. The summed E-state index contributed by atoms with van der Waals surface area (Å²) in [6, 6.07) is -3.63. The van der Waals surface area contributed by atoms with Gasteiger partial charge in [0.2, 0.25) is 17.6 Å². The maximum Gasteiger partial charge on any atom is 0.407 e. The van der Waals surface area contributed by atoms with Crippen LogP contribution in [-0.4, -0.2) is 90.9 Å². The zero-order chi connectivity index (χ0) is 39.1. The summed E-state index contributed by atoms with van der Waals surface area (Å²) in [5.41, 5.74) is -1.10. The molecule has 0 aromatic carbocycles. The molecule has 4 rings (SSSR count). The number of nitrogens with zero attached hydrogens (tertiary/aromatic N) is 1. The summed E-state index contributed by atoms with van der Waals surface area (Å²) in [5.74, 6) is -1.77. The fourth-order valence-electron chi connectivity index (χ4n) is 8.43. The van der Waals surface area contributed by atoms with Gasteiger partial charge < -0.3 is 36.2 Å². The highest BCUT2D eigenvalue weighted by Crippen LogP contribution is 2.65. The lowest BCUT2D eigenvalue weighted by Gasteiger charge is -2.43. The molecule has 1 aliphatic heterocycles. The highest BCUT2D eigenvalue weighted by molar-refractivity contribution is 6.38. The van der Waals surface area contributed by atoms with Gasteiger partial charge in [0.15, 0.2) is 0 Å². The first-order valence-corrected chi connectivity index (χ1v) is 20.0. The second-order valence-corrected chi connectivity index (χ2v) is 17.9. The fourth-order valence-corrected chi connectivity index (χ4v) is 8.43. The standard InChI is InChI=1S/C40H66N6O7/c1-9-11-15-27(31(47)34(49)41-21-10-2)43-33(48)30-29-26(39(29,6)7)24-46(30)35(50)32(40(8)19-13-12-14-20-40)45-36(51)44-28(38(3,4)5)18-22-53-37(52)42-23-25-16-17-25/h10,25-30,32H,2,9,11-24H2,1,3-8H3,(H,41,49)(H,42,52)(H,43,48)(H2,44,45,51)/t26-,27?,28+,29-,30?,32+/m0/s1. The van der Waals surface area contributed by atoms with Crippen molar-refractivity contribution in [3.63, 3.8) is 0 Å². The molecule has 2 unspecified atom stereocenters. The average Bonchev–Trinajstić information content (AvgIpc) is 3.97. The summed E-state index contributed by atoms with van der Waals surface area (Å²) in [7, 11) is 0. The summed E-state index contributed by atoms with van der Waals surface area (Å²) in [6.07, 6.45) is 9.72. The molecule has 53 heavy (non-hydrogen) atoms. The number of ketones is 1. The van der Waals surface area contributed by atoms with Crippen LogP contribution in [0.4, 0.5) is 9.59 Å². The maximum absolute atomic E-state index is 14.8. The van der Waals surface area contributed by atoms with E-state index in [2.05, 4.69) is 47.0 Å². The molecule has 3 saturated carbocycles. The molecule has 0 aromatic rings. The van der Waals surface area contributed by atoms with Crippen LogP contribution in [0.25, 0.3) is 0 Å². The first-order chi connectivity index (χ1) is 24.9. The van der Waals surface area contributed by atoms with Crippen LogP contribution in [0.1, 0.15) is 119 Å². The molecule has 0 aromatic heterocycles. The number of rotatable bonds is 18. The van der Waals surface area contributed by atoms with Crippen LogP contribution in [0.2, 0.25) is 0 Å². The van der Waals surface area contributed by atoms with Crippen LogP contribution in [0, 0.1) is 34.0 Å². The Morgan fingerprint density at radius 1 is 0.943 bits per heavy atom. The van der Waals surface area contributed by atoms with Crippen LogP contribution in [0.5, 0.6) is 0 Å². The SMILES string of the molecule is C=CCNC(=O)C(=O)C(CCCC)NC(=O)C1[C@@H]2[C@H](CN1C(=O)[C@@H](NC(=O)N[C@H](CCOC(=O)NCC1CC1)C(C)(C)C)C1(C)CCCCC1)C2(C)C. The summed E-state index contributed by atoms with van der Waals surface area (Å²) >= 11 is 0. The Bertz CT molecular complexity index is 1370. The Labute approximate surface area is 316 Å². The minimum Gasteiger partial charge on any atom is -0.449 e. The van der Waals surface area contributed by atoms with Crippen molar-refractivity contribution in [2.75, 3.05) is 26.2 Å². The van der Waals surface area contributed by atoms with Crippen molar-refractivity contribution in [2.45, 2.75) is 143 Å². The van der Waals surface area contributed by atoms with E-state index in [0.717, 1.165) is 51.4 Å². The molecule has 6 atom stereocenters. The summed E-state index contributed by atoms with van der Waals surface area (Å²) in [6.45, 7) is 19.0. The van der Waals surface area contributed by atoms with Crippen molar-refractivity contribution in [3.05, 3.63) is 12.7 Å². The Hall–Kier alpha value is -3.64. The summed E-state index contributed by atoms with van der Waals surface area (Å²) in [5, 5.41) is 14.3. The number of urea groups is 1. The number of carbonyl (C=O) groups excluding carboxylic acids is 6. The molecule has 4 fully saturated rings. The Balaban J connectivity index is 1.51. The highest BCUT2D eigenvalue weighted by atomic mass is 16.5. The molecule has 0 radical (unpaired) electrons. The van der Waals surface area contributed by atoms with E-state index in [1.165, 1.54) is 6.08 Å². The van der Waals surface area contributed by atoms with Crippen LogP contribution in [-0.2, 0) is 23.9 Å². The van der Waals surface area contributed by atoms with Gasteiger partial charge in [-0.25, -0.2) is 9.59 Å². The third-order valence-corrected chi connectivity index (χ3v) is 12.3. The fraction of sp³-hybridized carbons (Fsp3) is 0.800. The number of nitrogens with one attached hydrogen (secondary N) is 5. The number of piperidine rings is 1. The summed E-state index contributed by atoms with van der Waals surface area (Å²) < 4.78 is 5.42. The number of ether oxygens (including phenoxy) is 1. The largest absolute Gasteiger partial charge is 0.449 e. The summed E-state index contributed by atoms with van der Waals surface area (Å²) in [4.78, 5) is 82.6. The number of hydrogen-bond donors (Lipinski definition) is 5. The van der Waals surface area contributed by atoms with Crippen LogP contribution in [0.15, 0.2) is 12.7 Å². The van der Waals surface area contributed by atoms with Gasteiger partial charge in [0.25, 0.3) is 5.91 Å². The van der Waals surface area contributed by atoms with E-state index < -0.39 is 53.3 Å². The molecular weight excluding hydrogens is 676 g/mol. The molecule has 13 nitrogen and oxygen atoms in total. The van der Waals surface area contributed by atoms with E-state index in [1.807, 2.05) is 34.6 Å². The third-order valence-electron chi connectivity index (χ3n) is 12.3. The number of hydrogen-bond acceptors (Lipinski definition) is 7.